The molecule has 3 heteroatoms. The van der Waals surface area contributed by atoms with Crippen LogP contribution in [0.5, 0.6) is 0 Å². The molecule has 2 nitrogen and oxygen atoms in total. The van der Waals surface area contributed by atoms with Gasteiger partial charge in [0.05, 0.1) is 5.01 Å². The summed E-state index contributed by atoms with van der Waals surface area (Å²) in [6, 6.07) is 0. The molecule has 0 bridgehead atoms. The van der Waals surface area contributed by atoms with E-state index in [0.29, 0.717) is 0 Å². The molecular formula is C12H20N2S. The van der Waals surface area contributed by atoms with Crippen LogP contribution in [0.2, 0.25) is 0 Å². The van der Waals surface area contributed by atoms with Crippen molar-refractivity contribution in [2.45, 2.75) is 39.7 Å². The summed E-state index contributed by atoms with van der Waals surface area (Å²) in [4.78, 5) is 5.88. The average molecular weight is 224 g/mol. The quantitative estimate of drug-likeness (QED) is 0.831. The zero-order valence-electron chi connectivity index (χ0n) is 9.79. The summed E-state index contributed by atoms with van der Waals surface area (Å²) in [6.45, 7) is 8.85. The summed E-state index contributed by atoms with van der Waals surface area (Å²) in [5.74, 6) is 2.36. The Balaban J connectivity index is 1.80. The largest absolute Gasteiger partial charge is 0.312 e. The zero-order chi connectivity index (χ0) is 10.8. The number of hydrogen-bond donors (Lipinski definition) is 1. The number of hydrogen-bond acceptors (Lipinski definition) is 3. The van der Waals surface area contributed by atoms with Gasteiger partial charge in [-0.2, -0.15) is 0 Å². The van der Waals surface area contributed by atoms with Gasteiger partial charge in [-0.3, -0.25) is 0 Å². The second-order valence-corrected chi connectivity index (χ2v) is 6.16. The van der Waals surface area contributed by atoms with E-state index >= 15 is 0 Å². The maximum Gasteiger partial charge on any atom is 0.0961 e. The fraction of sp³-hybridized carbons (Fsp3) is 0.750. The third kappa shape index (κ3) is 3.02. The van der Waals surface area contributed by atoms with Gasteiger partial charge >= 0.3 is 0 Å². The third-order valence-electron chi connectivity index (χ3n) is 2.85. The van der Waals surface area contributed by atoms with Crippen LogP contribution in [0.3, 0.4) is 0 Å². The monoisotopic (exact) mass is 224 g/mol. The summed E-state index contributed by atoms with van der Waals surface area (Å²) < 4.78 is 0. The molecular weight excluding hydrogens is 204 g/mol. The lowest BCUT2D eigenvalue weighted by atomic mass is 10.2. The first-order chi connectivity index (χ1) is 7.16. The normalized spacial score (nSPS) is 24.8. The van der Waals surface area contributed by atoms with Crippen LogP contribution in [-0.2, 0) is 6.54 Å². The van der Waals surface area contributed by atoms with Crippen molar-refractivity contribution in [1.29, 1.82) is 0 Å². The second kappa shape index (κ2) is 4.62. The van der Waals surface area contributed by atoms with Crippen molar-refractivity contribution in [1.82, 2.24) is 10.3 Å². The Morgan fingerprint density at radius 2 is 2.33 bits per heavy atom. The van der Waals surface area contributed by atoms with Crippen LogP contribution in [0.25, 0.3) is 0 Å². The smallest absolute Gasteiger partial charge is 0.0961 e. The molecule has 0 spiro atoms. The number of rotatable bonds is 5. The Morgan fingerprint density at radius 3 is 2.93 bits per heavy atom. The zero-order valence-corrected chi connectivity index (χ0v) is 10.6. The molecule has 2 rings (SSSR count). The van der Waals surface area contributed by atoms with Crippen molar-refractivity contribution < 1.29 is 0 Å². The molecule has 1 N–H and O–H groups in total. The highest BCUT2D eigenvalue weighted by Gasteiger charge is 2.36. The van der Waals surface area contributed by atoms with E-state index in [4.69, 9.17) is 0 Å². The van der Waals surface area contributed by atoms with Crippen molar-refractivity contribution in [3.05, 3.63) is 16.1 Å². The minimum Gasteiger partial charge on any atom is -0.312 e. The standard InChI is InChI=1S/C12H20N2S/c1-8(2)5-13-6-10-7-14-12(15-10)11-4-9(11)3/h7-9,11,13H,4-6H2,1-3H3. The maximum absolute atomic E-state index is 4.50. The Bertz CT molecular complexity index is 319. The van der Waals surface area contributed by atoms with Gasteiger partial charge in [-0.15, -0.1) is 11.3 Å². The molecule has 1 aromatic rings. The topological polar surface area (TPSA) is 24.9 Å². The molecule has 1 aliphatic rings. The van der Waals surface area contributed by atoms with Crippen LogP contribution < -0.4 is 5.32 Å². The molecule has 1 aliphatic carbocycles. The summed E-state index contributed by atoms with van der Waals surface area (Å²) in [5, 5.41) is 4.81. The molecule has 2 unspecified atom stereocenters. The van der Waals surface area contributed by atoms with E-state index in [0.717, 1.165) is 30.8 Å². The lowest BCUT2D eigenvalue weighted by molar-refractivity contribution is 0.554. The van der Waals surface area contributed by atoms with Gasteiger partial charge in [0.15, 0.2) is 0 Å². The molecule has 1 heterocycles. The second-order valence-electron chi connectivity index (χ2n) is 5.01. The number of aromatic nitrogens is 1. The van der Waals surface area contributed by atoms with Crippen molar-refractivity contribution in [3.8, 4) is 0 Å². The van der Waals surface area contributed by atoms with Crippen LogP contribution in [0.15, 0.2) is 6.20 Å². The summed E-state index contributed by atoms with van der Waals surface area (Å²) in [7, 11) is 0. The molecule has 0 radical (unpaired) electrons. The molecule has 0 amide bonds. The summed E-state index contributed by atoms with van der Waals surface area (Å²) in [5.41, 5.74) is 0. The van der Waals surface area contributed by atoms with Crippen molar-refractivity contribution in [2.24, 2.45) is 11.8 Å². The summed E-state index contributed by atoms with van der Waals surface area (Å²) >= 11 is 1.89. The predicted octanol–water partition coefficient (Wildman–Crippen LogP) is 3.01. The van der Waals surface area contributed by atoms with E-state index in [-0.39, 0.29) is 0 Å². The van der Waals surface area contributed by atoms with Crippen molar-refractivity contribution >= 4 is 11.3 Å². The Kier molecular flexibility index (Phi) is 3.42. The van der Waals surface area contributed by atoms with E-state index in [1.807, 2.05) is 17.5 Å². The first-order valence-electron chi connectivity index (χ1n) is 5.82. The molecule has 1 saturated carbocycles. The molecule has 0 saturated heterocycles. The average Bonchev–Trinajstić information content (AvgIpc) is 2.73. The SMILES string of the molecule is CC(C)CNCc1cnc(C2CC2C)s1. The highest BCUT2D eigenvalue weighted by molar-refractivity contribution is 7.11. The van der Waals surface area contributed by atoms with Crippen molar-refractivity contribution in [3.63, 3.8) is 0 Å². The lowest BCUT2D eigenvalue weighted by Crippen LogP contribution is -2.18. The molecule has 0 aliphatic heterocycles. The van der Waals surface area contributed by atoms with Gasteiger partial charge in [-0.25, -0.2) is 4.98 Å². The maximum atomic E-state index is 4.50. The van der Waals surface area contributed by atoms with E-state index in [9.17, 15) is 0 Å². The van der Waals surface area contributed by atoms with E-state index < -0.39 is 0 Å². The van der Waals surface area contributed by atoms with Gasteiger partial charge in [-0.1, -0.05) is 20.8 Å². The van der Waals surface area contributed by atoms with Gasteiger partial charge in [0, 0.05) is 23.5 Å². The highest BCUT2D eigenvalue weighted by Crippen LogP contribution is 2.47. The van der Waals surface area contributed by atoms with Crippen LogP contribution in [0.1, 0.15) is 43.0 Å². The number of nitrogens with one attached hydrogen (secondary N) is 1. The van der Waals surface area contributed by atoms with Crippen LogP contribution >= 0.6 is 11.3 Å². The van der Waals surface area contributed by atoms with Gasteiger partial charge in [-0.05, 0) is 24.8 Å². The van der Waals surface area contributed by atoms with Crippen LogP contribution in [0, 0.1) is 11.8 Å². The highest BCUT2D eigenvalue weighted by atomic mass is 32.1. The Hall–Kier alpha value is -0.410. The van der Waals surface area contributed by atoms with Crippen molar-refractivity contribution in [2.75, 3.05) is 6.54 Å². The van der Waals surface area contributed by atoms with Crippen LogP contribution in [-0.4, -0.2) is 11.5 Å². The van der Waals surface area contributed by atoms with E-state index in [1.165, 1.54) is 16.3 Å². The molecule has 1 fully saturated rings. The molecule has 2 atom stereocenters. The number of nitrogens with zero attached hydrogens (tertiary/aromatic N) is 1. The fourth-order valence-electron chi connectivity index (χ4n) is 1.73. The fourth-order valence-corrected chi connectivity index (χ4v) is 2.86. The Labute approximate surface area is 96.1 Å². The van der Waals surface area contributed by atoms with Gasteiger partial charge < -0.3 is 5.32 Å². The minimum absolute atomic E-state index is 0.723. The summed E-state index contributed by atoms with van der Waals surface area (Å²) in [6.07, 6.45) is 3.38. The van der Waals surface area contributed by atoms with Gasteiger partial charge in [0.25, 0.3) is 0 Å². The molecule has 0 aromatic carbocycles. The van der Waals surface area contributed by atoms with E-state index in [2.05, 4.69) is 31.1 Å². The Morgan fingerprint density at radius 1 is 1.60 bits per heavy atom. The molecule has 15 heavy (non-hydrogen) atoms. The third-order valence-corrected chi connectivity index (χ3v) is 3.98. The van der Waals surface area contributed by atoms with E-state index in [1.54, 1.807) is 0 Å². The first kappa shape index (κ1) is 11.1. The molecule has 84 valence electrons. The van der Waals surface area contributed by atoms with Gasteiger partial charge in [0.2, 0.25) is 0 Å². The number of thiazole rings is 1. The van der Waals surface area contributed by atoms with Gasteiger partial charge in [0.1, 0.15) is 0 Å². The van der Waals surface area contributed by atoms with Crippen LogP contribution in [0.4, 0.5) is 0 Å². The lowest BCUT2D eigenvalue weighted by Gasteiger charge is -2.04. The predicted molar refractivity (Wildman–Crippen MR) is 65.2 cm³/mol. The minimum atomic E-state index is 0.723. The molecule has 1 aromatic heterocycles. The first-order valence-corrected chi connectivity index (χ1v) is 6.63.